The number of rotatable bonds is 3. The highest BCUT2D eigenvalue weighted by atomic mass is 35.5. The number of nitrogens with zero attached hydrogens (tertiary/aromatic N) is 2. The third kappa shape index (κ3) is 2.60. The van der Waals surface area contributed by atoms with Gasteiger partial charge in [0.2, 0.25) is 11.8 Å². The molecular formula is C23H21ClN4O2. The first-order chi connectivity index (χ1) is 14.4. The molecule has 1 aromatic heterocycles. The molecule has 0 saturated heterocycles. The average Bonchev–Trinajstić information content (AvgIpc) is 3.28. The predicted octanol–water partition coefficient (Wildman–Crippen LogP) is 4.29. The molecule has 7 heteroatoms. The summed E-state index contributed by atoms with van der Waals surface area (Å²) < 4.78 is 1.78. The van der Waals surface area contributed by atoms with Crippen molar-refractivity contribution in [1.82, 2.24) is 9.78 Å². The molecule has 152 valence electrons. The predicted molar refractivity (Wildman–Crippen MR) is 116 cm³/mol. The summed E-state index contributed by atoms with van der Waals surface area (Å²) in [6.07, 6.45) is 2.69. The second-order valence-corrected chi connectivity index (χ2v) is 8.33. The minimum atomic E-state index is -1.12. The van der Waals surface area contributed by atoms with E-state index >= 15 is 0 Å². The van der Waals surface area contributed by atoms with Crippen LogP contribution in [0.3, 0.4) is 0 Å². The zero-order valence-corrected chi connectivity index (χ0v) is 17.5. The number of halogens is 1. The van der Waals surface area contributed by atoms with Crippen LogP contribution in [0.2, 0.25) is 5.02 Å². The number of aromatic nitrogens is 2. The molecule has 6 nitrogen and oxygen atoms in total. The molecule has 2 N–H and O–H groups in total. The van der Waals surface area contributed by atoms with E-state index in [0.29, 0.717) is 22.1 Å². The number of hydrogen-bond donors (Lipinski definition) is 2. The summed E-state index contributed by atoms with van der Waals surface area (Å²) in [6.45, 7) is 4.15. The number of hydrogen-bond acceptors (Lipinski definition) is 3. The van der Waals surface area contributed by atoms with Crippen LogP contribution >= 0.6 is 11.6 Å². The third-order valence-corrected chi connectivity index (χ3v) is 6.49. The van der Waals surface area contributed by atoms with Gasteiger partial charge in [0, 0.05) is 22.7 Å². The van der Waals surface area contributed by atoms with E-state index in [4.69, 9.17) is 11.6 Å². The van der Waals surface area contributed by atoms with Crippen molar-refractivity contribution < 1.29 is 9.59 Å². The van der Waals surface area contributed by atoms with Crippen molar-refractivity contribution in [1.29, 1.82) is 0 Å². The Bertz CT molecular complexity index is 1180. The SMILES string of the molecule is CCc1ccc(C(C)n2ncc3c2NC(=O)C[C@]32C(=O)Nc3ccc(Cl)cc32)cc1. The lowest BCUT2D eigenvalue weighted by Gasteiger charge is -2.32. The molecule has 0 fully saturated rings. The van der Waals surface area contributed by atoms with Gasteiger partial charge < -0.3 is 10.6 Å². The standard InChI is InChI=1S/C23H21ClN4O2/c1-3-14-4-6-15(7-5-14)13(2)28-21-18(12-25-28)23(11-20(29)27-21)17-10-16(24)8-9-19(17)26-22(23)30/h4-10,12-13H,3,11H2,1-2H3,(H,26,30)(H,27,29)/t13?,23-/m1/s1. The first kappa shape index (κ1) is 18.9. The van der Waals surface area contributed by atoms with E-state index in [1.54, 1.807) is 29.1 Å². The van der Waals surface area contributed by atoms with Crippen LogP contribution in [0, 0.1) is 0 Å². The Labute approximate surface area is 179 Å². The molecule has 30 heavy (non-hydrogen) atoms. The Morgan fingerprint density at radius 2 is 1.90 bits per heavy atom. The molecule has 0 aliphatic carbocycles. The lowest BCUT2D eigenvalue weighted by molar-refractivity contribution is -0.125. The summed E-state index contributed by atoms with van der Waals surface area (Å²) >= 11 is 6.24. The van der Waals surface area contributed by atoms with Crippen LogP contribution in [-0.2, 0) is 21.4 Å². The van der Waals surface area contributed by atoms with E-state index in [1.807, 2.05) is 6.92 Å². The Balaban J connectivity index is 1.65. The van der Waals surface area contributed by atoms with Crippen molar-refractivity contribution >= 4 is 34.9 Å². The second kappa shape index (κ2) is 6.71. The Morgan fingerprint density at radius 1 is 1.13 bits per heavy atom. The summed E-state index contributed by atoms with van der Waals surface area (Å²) in [5, 5.41) is 11.0. The smallest absolute Gasteiger partial charge is 0.240 e. The molecule has 2 aliphatic rings. The van der Waals surface area contributed by atoms with Crippen molar-refractivity contribution in [3.8, 4) is 0 Å². The highest BCUT2D eigenvalue weighted by Gasteiger charge is 2.54. The number of fused-ring (bicyclic) bond motifs is 4. The monoisotopic (exact) mass is 420 g/mol. The van der Waals surface area contributed by atoms with Crippen molar-refractivity contribution in [3.05, 3.63) is 75.9 Å². The van der Waals surface area contributed by atoms with E-state index in [0.717, 1.165) is 17.5 Å². The number of carbonyl (C=O) groups is 2. The average molecular weight is 421 g/mol. The number of carbonyl (C=O) groups excluding carboxylic acids is 2. The molecular weight excluding hydrogens is 400 g/mol. The maximum atomic E-state index is 13.2. The summed E-state index contributed by atoms with van der Waals surface area (Å²) in [4.78, 5) is 25.9. The van der Waals surface area contributed by atoms with Gasteiger partial charge in [-0.05, 0) is 48.2 Å². The molecule has 3 aromatic rings. The van der Waals surface area contributed by atoms with Gasteiger partial charge in [-0.25, -0.2) is 4.68 Å². The third-order valence-electron chi connectivity index (χ3n) is 6.25. The van der Waals surface area contributed by atoms with Gasteiger partial charge in [-0.1, -0.05) is 42.8 Å². The molecule has 2 atom stereocenters. The lowest BCUT2D eigenvalue weighted by atomic mass is 9.72. The maximum absolute atomic E-state index is 13.2. The first-order valence-electron chi connectivity index (χ1n) is 10.0. The topological polar surface area (TPSA) is 76.0 Å². The molecule has 2 aliphatic heterocycles. The first-order valence-corrected chi connectivity index (χ1v) is 10.4. The molecule has 0 saturated carbocycles. The quantitative estimate of drug-likeness (QED) is 0.663. The van der Waals surface area contributed by atoms with Crippen LogP contribution in [0.5, 0.6) is 0 Å². The van der Waals surface area contributed by atoms with Crippen molar-refractivity contribution in [3.63, 3.8) is 0 Å². The zero-order valence-electron chi connectivity index (χ0n) is 16.7. The maximum Gasteiger partial charge on any atom is 0.240 e. The zero-order chi connectivity index (χ0) is 21.0. The molecule has 1 unspecified atom stereocenters. The Morgan fingerprint density at radius 3 is 2.63 bits per heavy atom. The normalized spacial score (nSPS) is 20.5. The van der Waals surface area contributed by atoms with Gasteiger partial charge in [0.1, 0.15) is 11.2 Å². The molecule has 1 spiro atoms. The Hall–Kier alpha value is -3.12. The van der Waals surface area contributed by atoms with Gasteiger partial charge in [-0.2, -0.15) is 5.10 Å². The van der Waals surface area contributed by atoms with Gasteiger partial charge in [-0.15, -0.1) is 0 Å². The fourth-order valence-electron chi connectivity index (χ4n) is 4.55. The fourth-order valence-corrected chi connectivity index (χ4v) is 4.72. The lowest BCUT2D eigenvalue weighted by Crippen LogP contribution is -2.43. The largest absolute Gasteiger partial charge is 0.325 e. The van der Waals surface area contributed by atoms with E-state index < -0.39 is 5.41 Å². The van der Waals surface area contributed by atoms with E-state index in [9.17, 15) is 9.59 Å². The Kier molecular flexibility index (Phi) is 4.22. The van der Waals surface area contributed by atoms with Gasteiger partial charge >= 0.3 is 0 Å². The fraction of sp³-hybridized carbons (Fsp3) is 0.261. The van der Waals surface area contributed by atoms with Crippen LogP contribution in [0.1, 0.15) is 48.6 Å². The van der Waals surface area contributed by atoms with E-state index in [1.165, 1.54) is 5.56 Å². The van der Waals surface area contributed by atoms with Crippen molar-refractivity contribution in [2.75, 3.05) is 10.6 Å². The molecule has 2 amide bonds. The summed E-state index contributed by atoms with van der Waals surface area (Å²) in [7, 11) is 0. The number of amides is 2. The second-order valence-electron chi connectivity index (χ2n) is 7.90. The van der Waals surface area contributed by atoms with E-state index in [2.05, 4.69) is 46.9 Å². The number of aryl methyl sites for hydroxylation is 1. The van der Waals surface area contributed by atoms with Crippen LogP contribution in [0.25, 0.3) is 0 Å². The van der Waals surface area contributed by atoms with Crippen LogP contribution in [0.4, 0.5) is 11.5 Å². The van der Waals surface area contributed by atoms with Crippen LogP contribution in [0.15, 0.2) is 48.7 Å². The molecule has 0 bridgehead atoms. The molecule has 0 radical (unpaired) electrons. The summed E-state index contributed by atoms with van der Waals surface area (Å²) in [5.74, 6) is 0.109. The highest BCUT2D eigenvalue weighted by Crippen LogP contribution is 2.50. The number of anilines is 2. The molecule has 3 heterocycles. The minimum Gasteiger partial charge on any atom is -0.325 e. The summed E-state index contributed by atoms with van der Waals surface area (Å²) in [5.41, 5.74) is 3.31. The van der Waals surface area contributed by atoms with E-state index in [-0.39, 0.29) is 24.3 Å². The van der Waals surface area contributed by atoms with Crippen LogP contribution in [-0.4, -0.2) is 21.6 Å². The number of benzene rings is 2. The molecule has 2 aromatic carbocycles. The minimum absolute atomic E-state index is 0.0183. The van der Waals surface area contributed by atoms with Crippen molar-refractivity contribution in [2.45, 2.75) is 38.1 Å². The van der Waals surface area contributed by atoms with Crippen LogP contribution < -0.4 is 10.6 Å². The number of nitrogens with one attached hydrogen (secondary N) is 2. The highest BCUT2D eigenvalue weighted by molar-refractivity contribution is 6.31. The summed E-state index contributed by atoms with van der Waals surface area (Å²) in [6, 6.07) is 13.5. The van der Waals surface area contributed by atoms with Gasteiger partial charge in [-0.3, -0.25) is 9.59 Å². The molecule has 5 rings (SSSR count). The van der Waals surface area contributed by atoms with Gasteiger partial charge in [0.25, 0.3) is 0 Å². The van der Waals surface area contributed by atoms with Gasteiger partial charge in [0.15, 0.2) is 0 Å². The van der Waals surface area contributed by atoms with Crippen molar-refractivity contribution in [2.24, 2.45) is 0 Å². The van der Waals surface area contributed by atoms with Gasteiger partial charge in [0.05, 0.1) is 12.2 Å².